The maximum absolute atomic E-state index is 11.8. The van der Waals surface area contributed by atoms with Crippen LogP contribution >= 0.6 is 29.5 Å². The number of nitrogens with zero attached hydrogens (tertiary/aromatic N) is 2. The van der Waals surface area contributed by atoms with E-state index < -0.39 is 0 Å². The van der Waals surface area contributed by atoms with Gasteiger partial charge in [-0.15, -0.1) is 9.95 Å². The number of para-hydroxylation sites is 1. The first-order chi connectivity index (χ1) is 20.0. The van der Waals surface area contributed by atoms with Crippen LogP contribution in [0.1, 0.15) is 70.8 Å². The van der Waals surface area contributed by atoms with E-state index in [0.717, 1.165) is 16.9 Å². The topological polar surface area (TPSA) is 34.5 Å². The van der Waals surface area contributed by atoms with Crippen LogP contribution in [0.2, 0.25) is 0 Å². The SMILES string of the molecule is CCCC(CC)P(c1ccccc1N(C)C)C1CCCCC1.O=c1cc[c-]cn1Cc1ccc(OSF)cc1.[Cl][Au]. The Balaban J connectivity index is 0.000000278. The van der Waals surface area contributed by atoms with Crippen molar-refractivity contribution >= 4 is 40.5 Å². The molecule has 0 bridgehead atoms. The molecule has 1 aliphatic carbocycles. The van der Waals surface area contributed by atoms with E-state index in [1.807, 2.05) is 0 Å². The van der Waals surface area contributed by atoms with Gasteiger partial charge in [0.1, 0.15) is 5.75 Å². The van der Waals surface area contributed by atoms with Crippen LogP contribution < -0.4 is 19.9 Å². The van der Waals surface area contributed by atoms with E-state index in [0.29, 0.717) is 12.3 Å². The van der Waals surface area contributed by atoms with Gasteiger partial charge in [-0.05, 0) is 66.1 Å². The zero-order valence-corrected chi connectivity index (χ0v) is 29.1. The summed E-state index contributed by atoms with van der Waals surface area (Å²) in [6.45, 7) is 5.23. The summed E-state index contributed by atoms with van der Waals surface area (Å²) in [5.74, 6) is 0.438. The Morgan fingerprint density at radius 1 is 1.10 bits per heavy atom. The summed E-state index contributed by atoms with van der Waals surface area (Å²) in [7, 11) is 8.95. The van der Waals surface area contributed by atoms with E-state index >= 15 is 0 Å². The van der Waals surface area contributed by atoms with Crippen molar-refractivity contribution in [1.29, 1.82) is 0 Å². The fraction of sp³-hybridized carbons (Fsp3) is 0.469. The van der Waals surface area contributed by atoms with Crippen LogP contribution in [-0.4, -0.2) is 30.0 Å². The number of pyridine rings is 1. The molecule has 2 atom stereocenters. The second-order valence-electron chi connectivity index (χ2n) is 10.3. The first kappa shape index (κ1) is 35.9. The molecule has 1 saturated carbocycles. The number of halogens is 2. The second-order valence-corrected chi connectivity index (χ2v) is 13.4. The van der Waals surface area contributed by atoms with Gasteiger partial charge >= 0.3 is 29.2 Å². The molecule has 0 amide bonds. The molecule has 0 aliphatic heterocycles. The van der Waals surface area contributed by atoms with Crippen LogP contribution in [0.25, 0.3) is 0 Å². The first-order valence-corrected chi connectivity index (χ1v) is 19.1. The van der Waals surface area contributed by atoms with Crippen molar-refractivity contribution in [3.63, 3.8) is 0 Å². The van der Waals surface area contributed by atoms with Gasteiger partial charge < -0.3 is 13.7 Å². The summed E-state index contributed by atoms with van der Waals surface area (Å²) < 4.78 is 18.0. The van der Waals surface area contributed by atoms with Crippen molar-refractivity contribution in [2.45, 2.75) is 83.1 Å². The third-order valence-corrected chi connectivity index (χ3v) is 11.2. The summed E-state index contributed by atoms with van der Waals surface area (Å²) in [4.78, 5) is 13.8. The summed E-state index contributed by atoms with van der Waals surface area (Å²) in [6, 6.07) is 22.0. The van der Waals surface area contributed by atoms with Crippen LogP contribution in [-0.2, 0) is 26.5 Å². The molecule has 1 aliphatic rings. The normalized spacial score (nSPS) is 14.5. The monoisotopic (exact) mass is 801 g/mol. The zero-order chi connectivity index (χ0) is 30.0. The third kappa shape index (κ3) is 11.7. The predicted octanol–water partition coefficient (Wildman–Crippen LogP) is 9.07. The van der Waals surface area contributed by atoms with Gasteiger partial charge in [-0.3, -0.25) is 4.79 Å². The molecule has 4 nitrogen and oxygen atoms in total. The predicted molar refractivity (Wildman–Crippen MR) is 173 cm³/mol. The molecule has 2 unspecified atom stereocenters. The van der Waals surface area contributed by atoms with Crippen molar-refractivity contribution in [2.24, 2.45) is 0 Å². The molecule has 230 valence electrons. The molecule has 0 radical (unpaired) electrons. The van der Waals surface area contributed by atoms with Gasteiger partial charge in [0.25, 0.3) is 12.4 Å². The van der Waals surface area contributed by atoms with Gasteiger partial charge in [-0.2, -0.15) is 0 Å². The van der Waals surface area contributed by atoms with E-state index in [1.165, 1.54) is 63.1 Å². The van der Waals surface area contributed by atoms with Gasteiger partial charge in [0.2, 0.25) is 0 Å². The Labute approximate surface area is 268 Å². The summed E-state index contributed by atoms with van der Waals surface area (Å²) in [6.07, 6.45) is 13.0. The number of anilines is 1. The van der Waals surface area contributed by atoms with Gasteiger partial charge in [-0.1, -0.05) is 84.0 Å². The molecule has 41 heavy (non-hydrogen) atoms. The second kappa shape index (κ2) is 20.6. The molecular formula is C32H43AuClFN2O2PS-. The Morgan fingerprint density at radius 3 is 2.37 bits per heavy atom. The average molecular weight is 802 g/mol. The summed E-state index contributed by atoms with van der Waals surface area (Å²) >= 11 is 1.56. The standard InChI is InChI=1S/C20H34NP.C12H9FNO2S.Au.ClH/c1-5-12-17(6-2)22(18-13-8-7-9-14-18)20-16-11-10-15-19(20)21(3)4;13-17-16-11-6-4-10(5-7-11)9-14-8-2-1-3-12(14)15;;/h10-11,15-18H,5-9,12-14H2,1-4H3;1,3-8H,9H2;;1H/q;-1;+1;/p-1. The van der Waals surface area contributed by atoms with E-state index in [2.05, 4.69) is 76.5 Å². The number of hydrogen-bond acceptors (Lipinski definition) is 4. The van der Waals surface area contributed by atoms with Crippen molar-refractivity contribution in [3.05, 3.63) is 88.8 Å². The number of aromatic nitrogens is 1. The first-order valence-electron chi connectivity index (χ1n) is 14.2. The minimum absolute atomic E-state index is 0.0383. The van der Waals surface area contributed by atoms with Crippen LogP contribution in [0.4, 0.5) is 9.57 Å². The molecule has 0 spiro atoms. The molecule has 0 N–H and O–H groups in total. The fourth-order valence-corrected chi connectivity index (χ4v) is 9.62. The number of rotatable bonds is 11. The molecule has 4 rings (SSSR count). The minimum atomic E-state index is -0.193. The van der Waals surface area contributed by atoms with E-state index in [-0.39, 0.29) is 25.9 Å². The molecule has 2 aromatic carbocycles. The van der Waals surface area contributed by atoms with Gasteiger partial charge in [0.15, 0.2) is 5.56 Å². The Bertz CT molecular complexity index is 1170. The summed E-state index contributed by atoms with van der Waals surface area (Å²) in [5, 5.41) is 1.68. The molecule has 1 heterocycles. The van der Waals surface area contributed by atoms with Crippen molar-refractivity contribution in [3.8, 4) is 5.75 Å². The van der Waals surface area contributed by atoms with Gasteiger partial charge in [-0.25, -0.2) is 12.1 Å². The van der Waals surface area contributed by atoms with E-state index in [1.54, 1.807) is 66.4 Å². The van der Waals surface area contributed by atoms with Crippen LogP contribution in [0.5, 0.6) is 5.75 Å². The molecule has 1 fully saturated rings. The Hall–Kier alpha value is -1.27. The summed E-state index contributed by atoms with van der Waals surface area (Å²) in [5.41, 5.74) is 4.19. The molecule has 0 saturated heterocycles. The Kier molecular flexibility index (Phi) is 18.1. The van der Waals surface area contributed by atoms with Gasteiger partial charge in [0, 0.05) is 26.3 Å². The van der Waals surface area contributed by atoms with E-state index in [9.17, 15) is 8.68 Å². The molecule has 3 aromatic rings. The van der Waals surface area contributed by atoms with Gasteiger partial charge in [0.05, 0.1) is 0 Å². The van der Waals surface area contributed by atoms with Crippen molar-refractivity contribution in [1.82, 2.24) is 4.57 Å². The van der Waals surface area contributed by atoms with Crippen molar-refractivity contribution in [2.75, 3.05) is 19.0 Å². The number of benzene rings is 2. The molecule has 9 heteroatoms. The fourth-order valence-electron chi connectivity index (χ4n) is 5.40. The Morgan fingerprint density at radius 2 is 1.78 bits per heavy atom. The molecule has 1 aromatic heterocycles. The van der Waals surface area contributed by atoms with Crippen LogP contribution in [0.15, 0.2) is 71.7 Å². The maximum atomic E-state index is 11.8. The van der Waals surface area contributed by atoms with Crippen LogP contribution in [0, 0.1) is 6.07 Å². The zero-order valence-electron chi connectivity index (χ0n) is 24.5. The average Bonchev–Trinajstić information content (AvgIpc) is 3.01. The van der Waals surface area contributed by atoms with E-state index in [4.69, 9.17) is 0 Å². The quantitative estimate of drug-likeness (QED) is 0.0840. The third-order valence-electron chi connectivity index (χ3n) is 7.34. The van der Waals surface area contributed by atoms with Crippen LogP contribution in [0.3, 0.4) is 0 Å². The number of hydrogen-bond donors (Lipinski definition) is 0. The van der Waals surface area contributed by atoms with Crippen molar-refractivity contribution < 1.29 is 28.1 Å². The molecular weight excluding hydrogens is 759 g/mol.